The van der Waals surface area contributed by atoms with E-state index >= 15 is 0 Å². The number of likely N-dealkylation sites (tertiary alicyclic amines) is 1. The summed E-state index contributed by atoms with van der Waals surface area (Å²) in [6, 6.07) is 9.82. The van der Waals surface area contributed by atoms with Crippen molar-refractivity contribution in [1.82, 2.24) is 15.1 Å². The van der Waals surface area contributed by atoms with E-state index < -0.39 is 0 Å². The molecule has 2 fully saturated rings. The maximum atomic E-state index is 12.3. The van der Waals surface area contributed by atoms with Crippen LogP contribution in [0.2, 0.25) is 0 Å². The van der Waals surface area contributed by atoms with Gasteiger partial charge in [-0.05, 0) is 5.56 Å². The van der Waals surface area contributed by atoms with Crippen LogP contribution in [-0.2, 0) is 20.9 Å². The molecule has 6 nitrogen and oxygen atoms in total. The summed E-state index contributed by atoms with van der Waals surface area (Å²) in [7, 11) is 0. The molecule has 3 rings (SSSR count). The first-order valence-corrected chi connectivity index (χ1v) is 8.62. The van der Waals surface area contributed by atoms with Crippen molar-refractivity contribution in [2.24, 2.45) is 5.92 Å². The molecule has 0 aromatic heterocycles. The fourth-order valence-electron chi connectivity index (χ4n) is 3.18. The first-order valence-electron chi connectivity index (χ1n) is 8.62. The molecule has 2 aliphatic heterocycles. The molecule has 1 aromatic rings. The topological polar surface area (TPSA) is 61.9 Å². The zero-order chi connectivity index (χ0) is 16.8. The van der Waals surface area contributed by atoms with E-state index in [9.17, 15) is 9.59 Å². The normalized spacial score (nSPS) is 21.9. The minimum Gasteiger partial charge on any atom is -0.379 e. The predicted molar refractivity (Wildman–Crippen MR) is 90.2 cm³/mol. The highest BCUT2D eigenvalue weighted by Crippen LogP contribution is 2.18. The molecule has 6 heteroatoms. The van der Waals surface area contributed by atoms with Crippen LogP contribution in [0, 0.1) is 5.92 Å². The van der Waals surface area contributed by atoms with E-state index in [2.05, 4.69) is 10.2 Å². The number of hydrogen-bond donors (Lipinski definition) is 1. The third kappa shape index (κ3) is 4.55. The van der Waals surface area contributed by atoms with Gasteiger partial charge in [0.25, 0.3) is 0 Å². The molecule has 130 valence electrons. The number of carbonyl (C=O) groups is 2. The van der Waals surface area contributed by atoms with Gasteiger partial charge in [0.2, 0.25) is 11.8 Å². The molecule has 2 saturated heterocycles. The number of ether oxygens (including phenoxy) is 1. The lowest BCUT2D eigenvalue weighted by atomic mass is 10.1. The first kappa shape index (κ1) is 16.9. The van der Waals surface area contributed by atoms with E-state index in [4.69, 9.17) is 4.74 Å². The number of hydrogen-bond acceptors (Lipinski definition) is 4. The molecule has 0 aliphatic carbocycles. The van der Waals surface area contributed by atoms with Gasteiger partial charge in [0.05, 0.1) is 19.1 Å². The van der Waals surface area contributed by atoms with E-state index in [0.717, 1.165) is 38.4 Å². The van der Waals surface area contributed by atoms with Crippen LogP contribution in [0.4, 0.5) is 0 Å². The molecule has 0 bridgehead atoms. The van der Waals surface area contributed by atoms with Gasteiger partial charge in [-0.15, -0.1) is 0 Å². The Balaban J connectivity index is 1.42. The molecule has 2 amide bonds. The van der Waals surface area contributed by atoms with Crippen LogP contribution in [0.3, 0.4) is 0 Å². The Morgan fingerprint density at radius 3 is 2.67 bits per heavy atom. The highest BCUT2D eigenvalue weighted by Gasteiger charge is 2.34. The number of nitrogens with zero attached hydrogens (tertiary/aromatic N) is 2. The van der Waals surface area contributed by atoms with Crippen LogP contribution < -0.4 is 5.32 Å². The molecular formula is C18H25N3O3. The molecule has 2 heterocycles. The molecule has 0 radical (unpaired) electrons. The average Bonchev–Trinajstić information content (AvgIpc) is 3.00. The number of carbonyl (C=O) groups excluding carboxylic acids is 2. The van der Waals surface area contributed by atoms with Gasteiger partial charge < -0.3 is 15.0 Å². The Morgan fingerprint density at radius 1 is 1.17 bits per heavy atom. The molecule has 1 N–H and O–H groups in total. The highest BCUT2D eigenvalue weighted by molar-refractivity contribution is 5.89. The maximum Gasteiger partial charge on any atom is 0.225 e. The van der Waals surface area contributed by atoms with Crippen molar-refractivity contribution in [2.45, 2.75) is 13.0 Å². The monoisotopic (exact) mass is 331 g/mol. The van der Waals surface area contributed by atoms with Crippen molar-refractivity contribution in [3.05, 3.63) is 35.9 Å². The Morgan fingerprint density at radius 2 is 1.92 bits per heavy atom. The Bertz CT molecular complexity index is 558. The van der Waals surface area contributed by atoms with E-state index in [-0.39, 0.29) is 17.7 Å². The van der Waals surface area contributed by atoms with Crippen LogP contribution >= 0.6 is 0 Å². The Kier molecular flexibility index (Phi) is 5.82. The minimum absolute atomic E-state index is 0.0268. The van der Waals surface area contributed by atoms with Crippen molar-refractivity contribution < 1.29 is 14.3 Å². The summed E-state index contributed by atoms with van der Waals surface area (Å²) in [6.45, 7) is 5.96. The van der Waals surface area contributed by atoms with Crippen LogP contribution in [0.15, 0.2) is 30.3 Å². The van der Waals surface area contributed by atoms with Gasteiger partial charge in [0, 0.05) is 45.7 Å². The first-order chi connectivity index (χ1) is 11.7. The van der Waals surface area contributed by atoms with Gasteiger partial charge in [-0.25, -0.2) is 0 Å². The van der Waals surface area contributed by atoms with Gasteiger partial charge in [-0.1, -0.05) is 30.3 Å². The summed E-state index contributed by atoms with van der Waals surface area (Å²) in [5.41, 5.74) is 1.07. The molecule has 0 unspecified atom stereocenters. The van der Waals surface area contributed by atoms with Crippen molar-refractivity contribution in [3.8, 4) is 0 Å². The van der Waals surface area contributed by atoms with E-state index in [1.165, 1.54) is 0 Å². The van der Waals surface area contributed by atoms with Crippen LogP contribution in [0.1, 0.15) is 12.0 Å². The summed E-state index contributed by atoms with van der Waals surface area (Å²) >= 11 is 0. The molecule has 2 aliphatic rings. The standard InChI is InChI=1S/C18H25N3O3/c22-17-12-16(18(23)19-13-15-4-2-1-3-5-15)14-21(17)7-6-20-8-10-24-11-9-20/h1-5,16H,6-14H2,(H,19,23)/t16-/m1/s1. The third-order valence-corrected chi connectivity index (χ3v) is 4.68. The molecule has 0 saturated carbocycles. The Hall–Kier alpha value is -1.92. The van der Waals surface area contributed by atoms with Gasteiger partial charge in [-0.2, -0.15) is 0 Å². The number of amides is 2. The molecule has 0 spiro atoms. The van der Waals surface area contributed by atoms with Crippen LogP contribution in [0.5, 0.6) is 0 Å². The van der Waals surface area contributed by atoms with E-state index in [0.29, 0.717) is 26.1 Å². The second-order valence-corrected chi connectivity index (χ2v) is 6.40. The van der Waals surface area contributed by atoms with Crippen molar-refractivity contribution in [2.75, 3.05) is 45.9 Å². The lowest BCUT2D eigenvalue weighted by molar-refractivity contribution is -0.129. The van der Waals surface area contributed by atoms with Crippen molar-refractivity contribution in [1.29, 1.82) is 0 Å². The maximum absolute atomic E-state index is 12.3. The van der Waals surface area contributed by atoms with Gasteiger partial charge >= 0.3 is 0 Å². The molecule has 1 atom stereocenters. The van der Waals surface area contributed by atoms with E-state index in [1.807, 2.05) is 35.2 Å². The number of benzene rings is 1. The fraction of sp³-hybridized carbons (Fsp3) is 0.556. The van der Waals surface area contributed by atoms with Gasteiger partial charge in [-0.3, -0.25) is 14.5 Å². The summed E-state index contributed by atoms with van der Waals surface area (Å²) < 4.78 is 5.33. The summed E-state index contributed by atoms with van der Waals surface area (Å²) in [5, 5.41) is 2.94. The Labute approximate surface area is 142 Å². The zero-order valence-corrected chi connectivity index (χ0v) is 13.9. The number of rotatable bonds is 6. The smallest absolute Gasteiger partial charge is 0.225 e. The van der Waals surface area contributed by atoms with Crippen LogP contribution in [-0.4, -0.2) is 67.6 Å². The lowest BCUT2D eigenvalue weighted by Crippen LogP contribution is -2.42. The summed E-state index contributed by atoms with van der Waals surface area (Å²) in [6.07, 6.45) is 0.323. The lowest BCUT2D eigenvalue weighted by Gasteiger charge is -2.28. The molecular weight excluding hydrogens is 306 g/mol. The number of morpholine rings is 1. The fourth-order valence-corrected chi connectivity index (χ4v) is 3.18. The largest absolute Gasteiger partial charge is 0.379 e. The summed E-state index contributed by atoms with van der Waals surface area (Å²) in [4.78, 5) is 28.6. The van der Waals surface area contributed by atoms with Gasteiger partial charge in [0.1, 0.15) is 0 Å². The highest BCUT2D eigenvalue weighted by atomic mass is 16.5. The molecule has 24 heavy (non-hydrogen) atoms. The minimum atomic E-state index is -0.231. The van der Waals surface area contributed by atoms with Gasteiger partial charge in [0.15, 0.2) is 0 Å². The van der Waals surface area contributed by atoms with Crippen LogP contribution in [0.25, 0.3) is 0 Å². The second-order valence-electron chi connectivity index (χ2n) is 6.40. The molecule has 1 aromatic carbocycles. The van der Waals surface area contributed by atoms with E-state index in [1.54, 1.807) is 0 Å². The predicted octanol–water partition coefficient (Wildman–Crippen LogP) is 0.484. The van der Waals surface area contributed by atoms with Crippen molar-refractivity contribution >= 4 is 11.8 Å². The SMILES string of the molecule is O=C(NCc1ccccc1)[C@@H]1CC(=O)N(CCN2CCOCC2)C1. The quantitative estimate of drug-likeness (QED) is 0.824. The van der Waals surface area contributed by atoms with Crippen molar-refractivity contribution in [3.63, 3.8) is 0 Å². The second kappa shape index (κ2) is 8.26. The average molecular weight is 331 g/mol. The number of nitrogens with one attached hydrogen (secondary N) is 1. The summed E-state index contributed by atoms with van der Waals surface area (Å²) in [5.74, 6) is -0.171. The third-order valence-electron chi connectivity index (χ3n) is 4.68. The zero-order valence-electron chi connectivity index (χ0n) is 13.9.